The summed E-state index contributed by atoms with van der Waals surface area (Å²) in [7, 11) is 13.4. The summed E-state index contributed by atoms with van der Waals surface area (Å²) in [6.45, 7) is 9.08. The number of likely N-dealkylation sites (N-methyl/N-ethyl adjacent to an activating group) is 2. The molecular formula is C80H86N4O15. The second-order valence-electron chi connectivity index (χ2n) is 26.2. The molecule has 0 saturated carbocycles. The Balaban J connectivity index is 0.000000178. The van der Waals surface area contributed by atoms with Crippen LogP contribution >= 0.6 is 0 Å². The van der Waals surface area contributed by atoms with E-state index in [2.05, 4.69) is 17.0 Å². The summed E-state index contributed by atoms with van der Waals surface area (Å²) in [5.74, 6) is 3.87. The predicted octanol–water partition coefficient (Wildman–Crippen LogP) is 12.4. The zero-order valence-electron chi connectivity index (χ0n) is 58.1. The van der Waals surface area contributed by atoms with Gasteiger partial charge in [-0.05, 0) is 105 Å². The molecule has 19 nitrogen and oxygen atoms in total. The van der Waals surface area contributed by atoms with Crippen LogP contribution in [0.2, 0.25) is 0 Å². The van der Waals surface area contributed by atoms with Gasteiger partial charge in [-0.15, -0.1) is 0 Å². The molecule has 2 amide bonds. The summed E-state index contributed by atoms with van der Waals surface area (Å²) >= 11 is 0. The van der Waals surface area contributed by atoms with Gasteiger partial charge >= 0.3 is 0 Å². The minimum absolute atomic E-state index is 0.0454. The van der Waals surface area contributed by atoms with Crippen molar-refractivity contribution in [3.8, 4) is 57.5 Å². The summed E-state index contributed by atoms with van der Waals surface area (Å²) in [6.07, 6.45) is 1.57. The van der Waals surface area contributed by atoms with Crippen molar-refractivity contribution in [1.29, 1.82) is 0 Å². The molecule has 8 aromatic rings. The molecule has 0 spiro atoms. The predicted molar refractivity (Wildman–Crippen MR) is 373 cm³/mol. The van der Waals surface area contributed by atoms with Gasteiger partial charge in [0.05, 0.1) is 111 Å². The van der Waals surface area contributed by atoms with Crippen molar-refractivity contribution < 1.29 is 72.3 Å². The summed E-state index contributed by atoms with van der Waals surface area (Å²) in [6, 6.07) is 39.9. The van der Waals surface area contributed by atoms with Crippen molar-refractivity contribution in [3.63, 3.8) is 0 Å². The van der Waals surface area contributed by atoms with Gasteiger partial charge in [-0.3, -0.25) is 19.4 Å². The maximum absolute atomic E-state index is 14.8. The highest BCUT2D eigenvalue weighted by Gasteiger charge is 2.60. The summed E-state index contributed by atoms with van der Waals surface area (Å²) in [5, 5.41) is 36.1. The lowest BCUT2D eigenvalue weighted by atomic mass is 9.72. The second-order valence-corrected chi connectivity index (χ2v) is 26.2. The molecule has 2 unspecified atom stereocenters. The number of hydrogen-bond donors (Lipinski definition) is 3. The van der Waals surface area contributed by atoms with E-state index in [9.17, 15) is 24.9 Å². The minimum Gasteiger partial charge on any atom is -0.507 e. The Labute approximate surface area is 578 Å². The fraction of sp³-hybridized carbons (Fsp3) is 0.350. The van der Waals surface area contributed by atoms with Crippen molar-refractivity contribution in [2.24, 2.45) is 0 Å². The SMILES string of the molecule is COc1c(C)cc2c(c1OCc1ccccc1)[C@@H]1C3=Cc4c(O)c(C)c(OC)c(OC)c4[C@H](COCc4ccccc4)N3C(=O)[C@H](C2)N1C.COc1c(C)cc2c(c1OCc1ccccc1)[C@@H]1C3C(O)c4c(O)c(C)c(OC)c(OC)c4[C@H](COCc4ccccc4)N3C(=O)[C@H](C2)N1C. The zero-order chi connectivity index (χ0) is 69.7. The topological polar surface area (TPSA) is 200 Å². The zero-order valence-corrected chi connectivity index (χ0v) is 58.1. The second kappa shape index (κ2) is 28.2. The van der Waals surface area contributed by atoms with Crippen LogP contribution in [-0.2, 0) is 58.3 Å². The third kappa shape index (κ3) is 11.8. The highest BCUT2D eigenvalue weighted by molar-refractivity contribution is 5.92. The van der Waals surface area contributed by atoms with Crippen molar-refractivity contribution in [1.82, 2.24) is 19.6 Å². The third-order valence-corrected chi connectivity index (χ3v) is 20.6. The average Bonchev–Trinajstić information content (AvgIpc) is 0.702. The monoisotopic (exact) mass is 1340 g/mol. The molecule has 516 valence electrons. The van der Waals surface area contributed by atoms with E-state index in [-0.39, 0.29) is 42.6 Å². The van der Waals surface area contributed by atoms with Gasteiger partial charge in [-0.1, -0.05) is 133 Å². The van der Waals surface area contributed by atoms with E-state index in [1.54, 1.807) is 47.2 Å². The Morgan fingerprint density at radius 3 is 1.36 bits per heavy atom. The van der Waals surface area contributed by atoms with Gasteiger partial charge in [0, 0.05) is 50.2 Å². The Kier molecular flexibility index (Phi) is 19.3. The number of hydrogen-bond acceptors (Lipinski definition) is 17. The number of carbonyl (C=O) groups excluding carboxylic acids is 2. The van der Waals surface area contributed by atoms with Crippen LogP contribution in [0.3, 0.4) is 0 Å². The number of fused-ring (bicyclic) bond motifs is 14. The summed E-state index contributed by atoms with van der Waals surface area (Å²) in [4.78, 5) is 37.4. The third-order valence-electron chi connectivity index (χ3n) is 20.6. The molecule has 0 aromatic heterocycles. The Morgan fingerprint density at radius 2 is 0.879 bits per heavy atom. The maximum atomic E-state index is 14.8. The van der Waals surface area contributed by atoms with Crippen LogP contribution in [0.4, 0.5) is 0 Å². The molecule has 8 aromatic carbocycles. The number of rotatable bonds is 20. The molecule has 6 heterocycles. The first-order chi connectivity index (χ1) is 48.0. The maximum Gasteiger partial charge on any atom is 0.245 e. The van der Waals surface area contributed by atoms with Crippen LogP contribution < -0.4 is 37.9 Å². The Morgan fingerprint density at radius 1 is 0.455 bits per heavy atom. The largest absolute Gasteiger partial charge is 0.507 e. The normalized spacial score (nSPS) is 20.9. The molecular weight excluding hydrogens is 1260 g/mol. The number of phenols is 2. The van der Waals surface area contributed by atoms with E-state index in [1.165, 1.54) is 14.2 Å². The number of aromatic hydroxyl groups is 2. The van der Waals surface area contributed by atoms with Gasteiger partial charge in [0.25, 0.3) is 0 Å². The van der Waals surface area contributed by atoms with E-state index < -0.39 is 42.4 Å². The molecule has 2 fully saturated rings. The van der Waals surface area contributed by atoms with Gasteiger partial charge in [0.15, 0.2) is 46.0 Å². The number of ether oxygens (including phenoxy) is 10. The molecule has 0 radical (unpaired) electrons. The van der Waals surface area contributed by atoms with E-state index in [4.69, 9.17) is 47.4 Å². The van der Waals surface area contributed by atoms with Crippen LogP contribution in [0.5, 0.6) is 57.5 Å². The number of aliphatic hydroxyl groups is 1. The van der Waals surface area contributed by atoms with Crippen LogP contribution in [0.25, 0.3) is 6.08 Å². The standard InChI is InChI=1S/C40H44N2O8.C40H42N2O7/c1-22-17-26-18-27-40(45)42-28(21-49-19-24-13-9-7-10-14-24)30-31(34(43)23(2)37(47-5)38(30)48-6)35(44)33(42)32(41(27)3)29(26)39(36(22)46-4)50-20-25-15-11-8-12-16-25;1-23-17-27-18-30-40(44)42-29(34(41(30)3)32(27)39(36(23)45-4)49-21-26-15-11-8-12-16-26)19-28-33(38(47-6)37(46-5)24(2)35(28)43)31(42)22-48-20-25-13-9-7-10-14-25/h7-17,27-28,32-33,35,43-44H,18-21H2,1-6H3;7-17,19,30-31,34,43H,18,20-22H2,1-6H3/t27-,28-,32+,33?,35?;30-,31-,34-/m00/s1. The number of carbonyl (C=O) groups is 2. The van der Waals surface area contributed by atoms with Gasteiger partial charge in [0.2, 0.25) is 11.8 Å². The highest BCUT2D eigenvalue weighted by Crippen LogP contribution is 2.61. The fourth-order valence-corrected chi connectivity index (χ4v) is 16.1. The quantitative estimate of drug-likeness (QED) is 0.0650. The van der Waals surface area contributed by atoms with Crippen molar-refractivity contribution in [2.75, 3.05) is 70.0 Å². The highest BCUT2D eigenvalue weighted by atomic mass is 16.5. The molecule has 6 aliphatic rings. The van der Waals surface area contributed by atoms with Gasteiger partial charge < -0.3 is 72.5 Å². The summed E-state index contributed by atoms with van der Waals surface area (Å²) < 4.78 is 61.5. The van der Waals surface area contributed by atoms with Crippen LogP contribution in [-0.4, -0.2) is 135 Å². The first-order valence-corrected chi connectivity index (χ1v) is 33.4. The molecule has 3 N–H and O–H groups in total. The molecule has 14 rings (SSSR count). The molecule has 0 aliphatic carbocycles. The van der Waals surface area contributed by atoms with Gasteiger partial charge in [-0.25, -0.2) is 0 Å². The van der Waals surface area contributed by atoms with Crippen molar-refractivity contribution >= 4 is 17.9 Å². The molecule has 6 aliphatic heterocycles. The van der Waals surface area contributed by atoms with E-state index in [0.29, 0.717) is 119 Å². The van der Waals surface area contributed by atoms with E-state index in [1.807, 2.05) is 165 Å². The number of phenolic OH excluding ortho intramolecular Hbond substituents is 2. The smallest absolute Gasteiger partial charge is 0.245 e. The van der Waals surface area contributed by atoms with Crippen LogP contribution in [0.1, 0.15) is 119 Å². The fourth-order valence-electron chi connectivity index (χ4n) is 16.1. The molecule has 99 heavy (non-hydrogen) atoms. The number of amides is 2. The van der Waals surface area contributed by atoms with E-state index in [0.717, 1.165) is 61.3 Å². The first kappa shape index (κ1) is 67.8. The molecule has 2 saturated heterocycles. The Bertz CT molecular complexity index is 4380. The summed E-state index contributed by atoms with van der Waals surface area (Å²) in [5.41, 5.74) is 13.4. The number of methoxy groups -OCH3 is 6. The number of aryl methyl sites for hydroxylation is 2. The number of benzene rings is 8. The Hall–Kier alpha value is -9.76. The molecule has 8 atom stereocenters. The van der Waals surface area contributed by atoms with Gasteiger partial charge in [-0.2, -0.15) is 0 Å². The van der Waals surface area contributed by atoms with Gasteiger partial charge in [0.1, 0.15) is 30.8 Å². The molecule has 19 heteroatoms. The minimum atomic E-state index is -1.30. The van der Waals surface area contributed by atoms with Crippen LogP contribution in [0.15, 0.2) is 139 Å². The first-order valence-electron chi connectivity index (χ1n) is 33.4. The lowest BCUT2D eigenvalue weighted by Gasteiger charge is -2.58. The number of piperazine rings is 2. The molecule has 4 bridgehead atoms. The average molecular weight is 1340 g/mol. The number of nitrogens with zero attached hydrogens (tertiary/aromatic N) is 4. The van der Waals surface area contributed by atoms with Crippen LogP contribution in [0, 0.1) is 27.7 Å². The number of aliphatic hydroxyl groups excluding tert-OH is 1. The lowest BCUT2D eigenvalue weighted by molar-refractivity contribution is -0.169. The lowest BCUT2D eigenvalue weighted by Crippen LogP contribution is -2.68. The van der Waals surface area contributed by atoms with Crippen molar-refractivity contribution in [2.45, 2.75) is 115 Å². The van der Waals surface area contributed by atoms with E-state index >= 15 is 0 Å². The van der Waals surface area contributed by atoms with Crippen molar-refractivity contribution in [3.05, 3.63) is 228 Å².